The van der Waals surface area contributed by atoms with Gasteiger partial charge in [-0.05, 0) is 67.8 Å². The number of nitro groups is 1. The van der Waals surface area contributed by atoms with Gasteiger partial charge < -0.3 is 4.42 Å². The molecule has 190 valence electrons. The lowest BCUT2D eigenvalue weighted by Gasteiger charge is -2.30. The van der Waals surface area contributed by atoms with Crippen LogP contribution in [0.3, 0.4) is 0 Å². The van der Waals surface area contributed by atoms with Gasteiger partial charge >= 0.3 is 0 Å². The molecule has 2 heterocycles. The van der Waals surface area contributed by atoms with Gasteiger partial charge in [0.1, 0.15) is 11.5 Å². The topological polar surface area (TPSA) is 89.0 Å². The third kappa shape index (κ3) is 5.25. The predicted octanol–water partition coefficient (Wildman–Crippen LogP) is 7.66. The molecule has 2 fully saturated rings. The highest BCUT2D eigenvalue weighted by Crippen LogP contribution is 2.39. The van der Waals surface area contributed by atoms with E-state index in [1.807, 2.05) is 17.0 Å². The van der Waals surface area contributed by atoms with Gasteiger partial charge in [0.05, 0.1) is 15.5 Å². The number of hydrogen-bond donors (Lipinski definition) is 0. The smallest absolute Gasteiger partial charge is 0.273 e. The van der Waals surface area contributed by atoms with E-state index < -0.39 is 4.92 Å². The fourth-order valence-electron chi connectivity index (χ4n) is 4.94. The number of carbonyl (C=O) groups is 1. The zero-order valence-corrected chi connectivity index (χ0v) is 21.8. The van der Waals surface area contributed by atoms with E-state index in [1.54, 1.807) is 37.3 Å². The number of hydrogen-bond acceptors (Lipinski definition) is 6. The molecule has 0 N–H and O–H groups in total. The van der Waals surface area contributed by atoms with Gasteiger partial charge in [0, 0.05) is 29.3 Å². The quantitative estimate of drug-likeness (QED) is 0.191. The molecule has 7 nitrogen and oxygen atoms in total. The van der Waals surface area contributed by atoms with Gasteiger partial charge in [0.15, 0.2) is 5.17 Å². The first-order chi connectivity index (χ1) is 17.9. The number of amides is 1. The molecule has 0 unspecified atom stereocenters. The van der Waals surface area contributed by atoms with Crippen LogP contribution in [-0.2, 0) is 11.2 Å². The molecule has 1 aliphatic carbocycles. The molecule has 5 rings (SSSR count). The Kier molecular flexibility index (Phi) is 7.28. The van der Waals surface area contributed by atoms with E-state index in [1.165, 1.54) is 29.8 Å². The van der Waals surface area contributed by atoms with Gasteiger partial charge in [0.25, 0.3) is 11.6 Å². The van der Waals surface area contributed by atoms with Crippen LogP contribution in [-0.4, -0.2) is 26.9 Å². The molecular formula is C29H29N3O4S. The van der Waals surface area contributed by atoms with Crippen LogP contribution in [0.2, 0.25) is 0 Å². The molecule has 3 aromatic rings. The summed E-state index contributed by atoms with van der Waals surface area (Å²) in [5, 5.41) is 12.0. The number of rotatable bonds is 6. The number of aliphatic imine (C=N–C) groups is 1. The molecule has 0 radical (unpaired) electrons. The number of nitrogens with zero attached hydrogens (tertiary/aromatic N) is 3. The number of nitro benzene ring substituents is 1. The van der Waals surface area contributed by atoms with Gasteiger partial charge in [0.2, 0.25) is 0 Å². The van der Waals surface area contributed by atoms with Crippen LogP contribution in [0.4, 0.5) is 11.4 Å². The van der Waals surface area contributed by atoms with E-state index in [2.05, 4.69) is 19.1 Å². The minimum absolute atomic E-state index is 0.0475. The highest BCUT2D eigenvalue weighted by Gasteiger charge is 2.39. The van der Waals surface area contributed by atoms with E-state index in [4.69, 9.17) is 9.41 Å². The Balaban J connectivity index is 1.46. The van der Waals surface area contributed by atoms with Crippen LogP contribution in [0.15, 0.2) is 68.9 Å². The molecular weight excluding hydrogens is 486 g/mol. The molecule has 0 bridgehead atoms. The van der Waals surface area contributed by atoms with Crippen molar-refractivity contribution in [2.75, 3.05) is 0 Å². The second kappa shape index (κ2) is 10.8. The van der Waals surface area contributed by atoms with Crippen molar-refractivity contribution in [2.45, 2.75) is 58.4 Å². The van der Waals surface area contributed by atoms with E-state index >= 15 is 0 Å². The molecule has 1 saturated heterocycles. The molecule has 0 atom stereocenters. The van der Waals surface area contributed by atoms with Crippen LogP contribution >= 0.6 is 11.8 Å². The summed E-state index contributed by atoms with van der Waals surface area (Å²) in [5.74, 6) is 0.997. The number of furan rings is 1. The van der Waals surface area contributed by atoms with Crippen LogP contribution < -0.4 is 0 Å². The lowest BCUT2D eigenvalue weighted by atomic mass is 9.94. The Morgan fingerprint density at radius 3 is 2.57 bits per heavy atom. The second-order valence-electron chi connectivity index (χ2n) is 9.40. The molecule has 1 aliphatic heterocycles. The average molecular weight is 516 g/mol. The number of benzene rings is 2. The fourth-order valence-corrected chi connectivity index (χ4v) is 5.97. The van der Waals surface area contributed by atoms with E-state index in [9.17, 15) is 14.9 Å². The van der Waals surface area contributed by atoms with Crippen molar-refractivity contribution >= 4 is 40.3 Å². The summed E-state index contributed by atoms with van der Waals surface area (Å²) in [4.78, 5) is 31.9. The summed E-state index contributed by atoms with van der Waals surface area (Å²) in [6.45, 7) is 3.83. The minimum atomic E-state index is -0.394. The van der Waals surface area contributed by atoms with Crippen LogP contribution in [0.25, 0.3) is 17.4 Å². The van der Waals surface area contributed by atoms with Gasteiger partial charge in [-0.15, -0.1) is 0 Å². The zero-order valence-electron chi connectivity index (χ0n) is 21.0. The summed E-state index contributed by atoms with van der Waals surface area (Å²) in [7, 11) is 0. The summed E-state index contributed by atoms with van der Waals surface area (Å²) >= 11 is 1.37. The molecule has 1 amide bonds. The number of thioether (sulfide) groups is 1. The Hall–Kier alpha value is -3.65. The van der Waals surface area contributed by atoms with Crippen molar-refractivity contribution < 1.29 is 14.1 Å². The SMILES string of the molecule is CCc1ccc(N=C2S/C(=C/c3ccc(-c4cccc([N+](=O)[O-])c4C)o3)C(=O)N2C2CCCCC2)cc1. The van der Waals surface area contributed by atoms with Crippen molar-refractivity contribution in [3.8, 4) is 11.3 Å². The first kappa shape index (κ1) is 25.0. The third-order valence-electron chi connectivity index (χ3n) is 7.01. The first-order valence-corrected chi connectivity index (χ1v) is 13.5. The largest absolute Gasteiger partial charge is 0.457 e. The van der Waals surface area contributed by atoms with Crippen molar-refractivity contribution in [1.29, 1.82) is 0 Å². The lowest BCUT2D eigenvalue weighted by Crippen LogP contribution is -2.40. The van der Waals surface area contributed by atoms with Crippen molar-refractivity contribution in [3.63, 3.8) is 0 Å². The van der Waals surface area contributed by atoms with E-state index in [-0.39, 0.29) is 17.6 Å². The average Bonchev–Trinajstić information content (AvgIpc) is 3.49. The molecule has 0 spiro atoms. The second-order valence-corrected chi connectivity index (χ2v) is 10.4. The number of aryl methyl sites for hydroxylation is 1. The zero-order chi connectivity index (χ0) is 25.9. The minimum Gasteiger partial charge on any atom is -0.457 e. The number of carbonyl (C=O) groups excluding carboxylic acids is 1. The summed E-state index contributed by atoms with van der Waals surface area (Å²) in [5.41, 5.74) is 3.32. The summed E-state index contributed by atoms with van der Waals surface area (Å²) in [6.07, 6.45) is 8.09. The molecule has 2 aliphatic rings. The van der Waals surface area contributed by atoms with Crippen LogP contribution in [0, 0.1) is 17.0 Å². The Bertz CT molecular complexity index is 1380. The van der Waals surface area contributed by atoms with Crippen LogP contribution in [0.5, 0.6) is 0 Å². The lowest BCUT2D eigenvalue weighted by molar-refractivity contribution is -0.385. The van der Waals surface area contributed by atoms with Gasteiger partial charge in [-0.3, -0.25) is 19.8 Å². The fraction of sp³-hybridized carbons (Fsp3) is 0.310. The third-order valence-corrected chi connectivity index (χ3v) is 8.00. The van der Waals surface area contributed by atoms with E-state index in [0.717, 1.165) is 37.8 Å². The standard InChI is InChI=1S/C29H29N3O4S/c1-3-20-12-14-21(15-13-20)30-29-31(22-8-5-4-6-9-22)28(33)27(37-29)18-23-16-17-26(36-23)24-10-7-11-25(19(24)2)32(34)35/h7,10-18,22H,3-6,8-9H2,1-2H3/b27-18+,30-29?. The molecule has 37 heavy (non-hydrogen) atoms. The van der Waals surface area contributed by atoms with Gasteiger partial charge in [-0.25, -0.2) is 4.99 Å². The Morgan fingerprint density at radius 2 is 1.86 bits per heavy atom. The van der Waals surface area contributed by atoms with Crippen molar-refractivity contribution in [1.82, 2.24) is 4.90 Å². The normalized spacial score (nSPS) is 18.8. The highest BCUT2D eigenvalue weighted by atomic mass is 32.2. The molecule has 1 saturated carbocycles. The van der Waals surface area contributed by atoms with Gasteiger partial charge in [-0.1, -0.05) is 50.5 Å². The Labute approximate surface area is 220 Å². The summed E-state index contributed by atoms with van der Waals surface area (Å²) in [6, 6.07) is 16.8. The maximum absolute atomic E-state index is 13.6. The molecule has 8 heteroatoms. The van der Waals surface area contributed by atoms with Gasteiger partial charge in [-0.2, -0.15) is 0 Å². The molecule has 1 aromatic heterocycles. The van der Waals surface area contributed by atoms with Crippen molar-refractivity contribution in [3.05, 3.63) is 86.5 Å². The maximum atomic E-state index is 13.6. The number of amidine groups is 1. The Morgan fingerprint density at radius 1 is 1.11 bits per heavy atom. The molecule has 2 aromatic carbocycles. The summed E-state index contributed by atoms with van der Waals surface area (Å²) < 4.78 is 6.03. The van der Waals surface area contributed by atoms with E-state index in [0.29, 0.717) is 32.7 Å². The monoisotopic (exact) mass is 515 g/mol. The maximum Gasteiger partial charge on any atom is 0.273 e. The first-order valence-electron chi connectivity index (χ1n) is 12.7. The van der Waals surface area contributed by atoms with Crippen LogP contribution in [0.1, 0.15) is 55.9 Å². The predicted molar refractivity (Wildman–Crippen MR) is 148 cm³/mol. The van der Waals surface area contributed by atoms with Crippen molar-refractivity contribution in [2.24, 2.45) is 4.99 Å². The highest BCUT2D eigenvalue weighted by molar-refractivity contribution is 8.18.